The molecule has 0 aromatic heterocycles. The Labute approximate surface area is 142 Å². The summed E-state index contributed by atoms with van der Waals surface area (Å²) < 4.78 is 13.1. The third kappa shape index (κ3) is 5.44. The molecule has 2 rings (SSSR count). The van der Waals surface area contributed by atoms with E-state index in [2.05, 4.69) is 10.2 Å². The van der Waals surface area contributed by atoms with E-state index in [9.17, 15) is 9.18 Å². The molecule has 1 fully saturated rings. The Morgan fingerprint density at radius 3 is 3.04 bits per heavy atom. The van der Waals surface area contributed by atoms with Crippen LogP contribution in [0.4, 0.5) is 4.39 Å². The van der Waals surface area contributed by atoms with Crippen LogP contribution in [0.25, 0.3) is 0 Å². The van der Waals surface area contributed by atoms with Crippen molar-refractivity contribution in [1.29, 1.82) is 0 Å². The summed E-state index contributed by atoms with van der Waals surface area (Å²) in [6, 6.07) is 4.16. The molecule has 0 aliphatic carbocycles. The maximum absolute atomic E-state index is 13.1. The van der Waals surface area contributed by atoms with Gasteiger partial charge in [-0.05, 0) is 43.5 Å². The first-order valence-electron chi connectivity index (χ1n) is 8.21. The fourth-order valence-electron chi connectivity index (χ4n) is 2.96. The van der Waals surface area contributed by atoms with Crippen LogP contribution in [0.15, 0.2) is 18.2 Å². The van der Waals surface area contributed by atoms with Crippen LogP contribution in [-0.4, -0.2) is 36.0 Å². The number of carbonyl (C=O) groups is 1. The summed E-state index contributed by atoms with van der Waals surface area (Å²) in [7, 11) is 0. The second-order valence-electron chi connectivity index (χ2n) is 6.21. The average molecular weight is 342 g/mol. The van der Waals surface area contributed by atoms with Crippen molar-refractivity contribution in [3.8, 4) is 0 Å². The lowest BCUT2D eigenvalue weighted by Gasteiger charge is -2.33. The number of hydrogen-bond donors (Lipinski definition) is 2. The second-order valence-corrected chi connectivity index (χ2v) is 6.62. The molecule has 0 saturated carbocycles. The lowest BCUT2D eigenvalue weighted by molar-refractivity contribution is -0.123. The highest BCUT2D eigenvalue weighted by Crippen LogP contribution is 2.21. The van der Waals surface area contributed by atoms with Gasteiger partial charge in [0.05, 0.1) is 6.04 Å². The maximum atomic E-state index is 13.1. The molecule has 1 aromatic rings. The second kappa shape index (κ2) is 8.62. The number of nitrogens with zero attached hydrogens (tertiary/aromatic N) is 1. The van der Waals surface area contributed by atoms with E-state index < -0.39 is 6.04 Å². The van der Waals surface area contributed by atoms with E-state index in [-0.39, 0.29) is 17.8 Å². The van der Waals surface area contributed by atoms with Gasteiger partial charge in [0.25, 0.3) is 0 Å². The first-order chi connectivity index (χ1) is 11.0. The molecule has 0 radical (unpaired) electrons. The van der Waals surface area contributed by atoms with Crippen LogP contribution < -0.4 is 11.1 Å². The Morgan fingerprint density at radius 1 is 1.57 bits per heavy atom. The summed E-state index contributed by atoms with van der Waals surface area (Å²) >= 11 is 6.09. The summed E-state index contributed by atoms with van der Waals surface area (Å²) in [5.41, 5.74) is 6.76. The van der Waals surface area contributed by atoms with E-state index in [1.54, 1.807) is 6.07 Å². The summed E-state index contributed by atoms with van der Waals surface area (Å²) in [6.45, 7) is 4.38. The largest absolute Gasteiger partial charge is 0.351 e. The van der Waals surface area contributed by atoms with Crippen molar-refractivity contribution in [3.05, 3.63) is 34.6 Å². The molecule has 1 amide bonds. The molecule has 1 aliphatic heterocycles. The lowest BCUT2D eigenvalue weighted by Crippen LogP contribution is -2.51. The highest BCUT2D eigenvalue weighted by molar-refractivity contribution is 6.31. The molecule has 6 heteroatoms. The molecule has 23 heavy (non-hydrogen) atoms. The van der Waals surface area contributed by atoms with Crippen molar-refractivity contribution >= 4 is 17.5 Å². The van der Waals surface area contributed by atoms with Crippen LogP contribution in [0.1, 0.15) is 38.2 Å². The fourth-order valence-corrected chi connectivity index (χ4v) is 3.19. The molecule has 128 valence electrons. The zero-order valence-corrected chi connectivity index (χ0v) is 14.3. The minimum Gasteiger partial charge on any atom is -0.351 e. The first kappa shape index (κ1) is 18.2. The van der Waals surface area contributed by atoms with Crippen LogP contribution in [0, 0.1) is 5.82 Å². The summed E-state index contributed by atoms with van der Waals surface area (Å²) in [5.74, 6) is -0.397. The van der Waals surface area contributed by atoms with E-state index in [1.807, 2.05) is 6.92 Å². The number of halogens is 2. The van der Waals surface area contributed by atoms with E-state index in [1.165, 1.54) is 12.1 Å². The van der Waals surface area contributed by atoms with Crippen molar-refractivity contribution in [2.45, 2.75) is 51.2 Å². The van der Waals surface area contributed by atoms with Crippen LogP contribution in [0.3, 0.4) is 0 Å². The van der Waals surface area contributed by atoms with Gasteiger partial charge in [-0.1, -0.05) is 31.0 Å². The minimum absolute atomic E-state index is 0.0708. The van der Waals surface area contributed by atoms with Crippen LogP contribution in [0.2, 0.25) is 5.02 Å². The summed E-state index contributed by atoms with van der Waals surface area (Å²) in [6.07, 6.45) is 3.56. The lowest BCUT2D eigenvalue weighted by atomic mass is 10.0. The van der Waals surface area contributed by atoms with Gasteiger partial charge in [-0.2, -0.15) is 0 Å². The molecule has 0 bridgehead atoms. The molecule has 1 heterocycles. The number of nitrogens with one attached hydrogen (secondary N) is 1. The van der Waals surface area contributed by atoms with Gasteiger partial charge in [-0.25, -0.2) is 4.39 Å². The summed E-state index contributed by atoms with van der Waals surface area (Å²) in [5, 5.41) is 3.49. The quantitative estimate of drug-likeness (QED) is 0.836. The predicted molar refractivity (Wildman–Crippen MR) is 90.7 cm³/mol. The Balaban J connectivity index is 1.89. The minimum atomic E-state index is -0.429. The topological polar surface area (TPSA) is 58.4 Å². The van der Waals surface area contributed by atoms with Gasteiger partial charge < -0.3 is 11.1 Å². The number of nitrogens with two attached hydrogens (primary N) is 1. The van der Waals surface area contributed by atoms with Gasteiger partial charge in [0.2, 0.25) is 5.91 Å². The van der Waals surface area contributed by atoms with Gasteiger partial charge >= 0.3 is 0 Å². The van der Waals surface area contributed by atoms with Crippen LogP contribution in [0.5, 0.6) is 0 Å². The smallest absolute Gasteiger partial charge is 0.237 e. The third-order valence-electron chi connectivity index (χ3n) is 4.20. The number of benzene rings is 1. The van der Waals surface area contributed by atoms with Crippen LogP contribution >= 0.6 is 11.6 Å². The molecule has 1 aromatic carbocycles. The molecule has 3 N–H and O–H groups in total. The van der Waals surface area contributed by atoms with Gasteiger partial charge in [0, 0.05) is 24.2 Å². The van der Waals surface area contributed by atoms with Gasteiger partial charge in [0.15, 0.2) is 0 Å². The van der Waals surface area contributed by atoms with Crippen LogP contribution in [-0.2, 0) is 11.3 Å². The fraction of sp³-hybridized carbons (Fsp3) is 0.588. The van der Waals surface area contributed by atoms with E-state index in [4.69, 9.17) is 17.3 Å². The number of likely N-dealkylation sites (tertiary alicyclic amines) is 1. The number of carbonyl (C=O) groups excluding carboxylic acids is 1. The monoisotopic (exact) mass is 341 g/mol. The Bertz CT molecular complexity index is 541. The maximum Gasteiger partial charge on any atom is 0.237 e. The van der Waals surface area contributed by atoms with E-state index in [0.717, 1.165) is 37.9 Å². The van der Waals surface area contributed by atoms with Crippen molar-refractivity contribution in [2.75, 3.05) is 13.1 Å². The summed E-state index contributed by atoms with van der Waals surface area (Å²) in [4.78, 5) is 14.3. The Hall–Kier alpha value is -1.17. The Kier molecular flexibility index (Phi) is 6.81. The SMILES string of the molecule is CCCC(N)C(=O)NC1CCCN(Cc2ccc(F)cc2Cl)C1. The average Bonchev–Trinajstić information content (AvgIpc) is 2.51. The first-order valence-corrected chi connectivity index (χ1v) is 8.59. The van der Waals surface area contributed by atoms with Crippen molar-refractivity contribution < 1.29 is 9.18 Å². The normalized spacial score (nSPS) is 20.3. The molecule has 0 spiro atoms. The van der Waals surface area contributed by atoms with Gasteiger partial charge in [-0.3, -0.25) is 9.69 Å². The third-order valence-corrected chi connectivity index (χ3v) is 4.55. The highest BCUT2D eigenvalue weighted by atomic mass is 35.5. The van der Waals surface area contributed by atoms with Crippen molar-refractivity contribution in [2.24, 2.45) is 5.73 Å². The standard InChI is InChI=1S/C17H25ClFN3O/c1-2-4-16(20)17(23)21-14-5-3-8-22(11-14)10-12-6-7-13(19)9-15(12)18/h6-7,9,14,16H,2-5,8,10-11,20H2,1H3,(H,21,23). The number of amides is 1. The van der Waals surface area contributed by atoms with Gasteiger partial charge in [-0.15, -0.1) is 0 Å². The van der Waals surface area contributed by atoms with Crippen molar-refractivity contribution in [1.82, 2.24) is 10.2 Å². The highest BCUT2D eigenvalue weighted by Gasteiger charge is 2.23. The zero-order valence-electron chi connectivity index (χ0n) is 13.5. The predicted octanol–water partition coefficient (Wildman–Crippen LogP) is 2.69. The molecular formula is C17H25ClFN3O. The Morgan fingerprint density at radius 2 is 2.35 bits per heavy atom. The molecule has 2 atom stereocenters. The zero-order chi connectivity index (χ0) is 16.8. The van der Waals surface area contributed by atoms with E-state index in [0.29, 0.717) is 18.0 Å². The number of hydrogen-bond acceptors (Lipinski definition) is 3. The van der Waals surface area contributed by atoms with E-state index >= 15 is 0 Å². The molecule has 2 unspecified atom stereocenters. The van der Waals surface area contributed by atoms with Gasteiger partial charge in [0.1, 0.15) is 5.82 Å². The number of rotatable bonds is 6. The number of piperidine rings is 1. The molecular weight excluding hydrogens is 317 g/mol. The molecule has 1 saturated heterocycles. The molecule has 4 nitrogen and oxygen atoms in total. The van der Waals surface area contributed by atoms with Crippen molar-refractivity contribution in [3.63, 3.8) is 0 Å². The molecule has 1 aliphatic rings.